The summed E-state index contributed by atoms with van der Waals surface area (Å²) in [6.45, 7) is 7.21. The highest BCUT2D eigenvalue weighted by molar-refractivity contribution is 7.85. The second kappa shape index (κ2) is 10.5. The number of carbonyl (C=O) groups is 1. The van der Waals surface area contributed by atoms with Crippen LogP contribution in [0.1, 0.15) is 44.2 Å². The zero-order valence-electron chi connectivity index (χ0n) is 22.2. The minimum Gasteiger partial charge on any atom is -0.420 e. The van der Waals surface area contributed by atoms with Gasteiger partial charge in [-0.05, 0) is 41.5 Å². The summed E-state index contributed by atoms with van der Waals surface area (Å²) >= 11 is 0. The van der Waals surface area contributed by atoms with E-state index in [2.05, 4.69) is 46.4 Å². The molecule has 196 valence electrons. The molecule has 0 radical (unpaired) electrons. The number of hydrogen-bond acceptors (Lipinski definition) is 6. The van der Waals surface area contributed by atoms with Gasteiger partial charge in [0.2, 0.25) is 17.7 Å². The van der Waals surface area contributed by atoms with Crippen molar-refractivity contribution in [2.45, 2.75) is 50.6 Å². The zero-order chi connectivity index (χ0) is 26.9. The van der Waals surface area contributed by atoms with Crippen LogP contribution in [0.5, 0.6) is 0 Å². The van der Waals surface area contributed by atoms with Crippen molar-refractivity contribution < 1.29 is 13.4 Å². The van der Waals surface area contributed by atoms with Crippen LogP contribution in [0.2, 0.25) is 0 Å². The summed E-state index contributed by atoms with van der Waals surface area (Å²) in [6.07, 6.45) is 0.225. The number of rotatable bonds is 6. The first kappa shape index (κ1) is 25.9. The molecule has 0 saturated carbocycles. The fourth-order valence-corrected chi connectivity index (χ4v) is 5.62. The van der Waals surface area contributed by atoms with Gasteiger partial charge in [0.05, 0.1) is 27.9 Å². The van der Waals surface area contributed by atoms with E-state index in [1.807, 2.05) is 69.3 Å². The number of hydrogen-bond donors (Lipinski definition) is 0. The SMILES string of the molecule is CN(Cc1ccccc1)c1ccc(CN2C(=O)CCS(=O)c3ccc(-c4nnc(C(C)(C)C)o4)cc32)cc1. The summed E-state index contributed by atoms with van der Waals surface area (Å²) in [7, 11) is 0.795. The van der Waals surface area contributed by atoms with Crippen LogP contribution in [0.4, 0.5) is 11.4 Å². The lowest BCUT2D eigenvalue weighted by atomic mass is 9.97. The Balaban J connectivity index is 1.41. The molecule has 1 aliphatic rings. The molecule has 1 aliphatic heterocycles. The van der Waals surface area contributed by atoms with Crippen molar-refractivity contribution in [1.29, 1.82) is 0 Å². The van der Waals surface area contributed by atoms with Gasteiger partial charge >= 0.3 is 0 Å². The van der Waals surface area contributed by atoms with Gasteiger partial charge in [0.25, 0.3) is 0 Å². The molecule has 4 aromatic rings. The van der Waals surface area contributed by atoms with E-state index in [-0.39, 0.29) is 17.7 Å². The van der Waals surface area contributed by atoms with Crippen LogP contribution >= 0.6 is 0 Å². The Labute approximate surface area is 226 Å². The normalized spacial score (nSPS) is 15.7. The van der Waals surface area contributed by atoms with Gasteiger partial charge in [0.15, 0.2) is 0 Å². The summed E-state index contributed by atoms with van der Waals surface area (Å²) in [4.78, 5) is 17.8. The molecule has 5 rings (SSSR count). The molecule has 0 fully saturated rings. The Hall–Kier alpha value is -3.78. The van der Waals surface area contributed by atoms with Crippen molar-refractivity contribution in [2.24, 2.45) is 0 Å². The highest BCUT2D eigenvalue weighted by atomic mass is 32.2. The molecule has 1 aromatic heterocycles. The Morgan fingerprint density at radius 2 is 1.71 bits per heavy atom. The molecule has 38 heavy (non-hydrogen) atoms. The molecular formula is C30H32N4O3S. The summed E-state index contributed by atoms with van der Waals surface area (Å²) in [6, 6.07) is 24.1. The first-order chi connectivity index (χ1) is 18.2. The number of amides is 1. The average molecular weight is 529 g/mol. The summed E-state index contributed by atoms with van der Waals surface area (Å²) in [5.41, 5.74) is 4.37. The van der Waals surface area contributed by atoms with E-state index in [1.54, 1.807) is 4.90 Å². The van der Waals surface area contributed by atoms with Crippen molar-refractivity contribution >= 4 is 28.1 Å². The lowest BCUT2D eigenvalue weighted by Gasteiger charge is -2.24. The minimum absolute atomic E-state index is 0.0552. The third kappa shape index (κ3) is 5.55. The average Bonchev–Trinajstić information content (AvgIpc) is 3.38. The molecule has 3 aromatic carbocycles. The summed E-state index contributed by atoms with van der Waals surface area (Å²) in [5, 5.41) is 8.43. The standard InChI is InChI=1S/C30H32N4O3S/c1-30(2,3)29-32-31-28(37-29)23-12-15-26-25(18-23)34(27(35)16-17-38(26)36)20-22-10-13-24(14-11-22)33(4)19-21-8-6-5-7-9-21/h5-15,18H,16-17,19-20H2,1-4H3. The van der Waals surface area contributed by atoms with Gasteiger partial charge in [-0.1, -0.05) is 63.2 Å². The van der Waals surface area contributed by atoms with Gasteiger partial charge in [-0.3, -0.25) is 9.00 Å². The number of fused-ring (bicyclic) bond motifs is 1. The Kier molecular flexibility index (Phi) is 7.17. The van der Waals surface area contributed by atoms with Crippen molar-refractivity contribution in [2.75, 3.05) is 22.6 Å². The van der Waals surface area contributed by atoms with Gasteiger partial charge in [-0.15, -0.1) is 10.2 Å². The maximum Gasteiger partial charge on any atom is 0.247 e. The molecular weight excluding hydrogens is 496 g/mol. The summed E-state index contributed by atoms with van der Waals surface area (Å²) in [5.74, 6) is 1.17. The van der Waals surface area contributed by atoms with Gasteiger partial charge in [0, 0.05) is 42.4 Å². The zero-order valence-corrected chi connectivity index (χ0v) is 23.0. The van der Waals surface area contributed by atoms with Crippen molar-refractivity contribution in [1.82, 2.24) is 10.2 Å². The monoisotopic (exact) mass is 528 g/mol. The predicted molar refractivity (Wildman–Crippen MR) is 151 cm³/mol. The maximum absolute atomic E-state index is 13.2. The van der Waals surface area contributed by atoms with Crippen molar-refractivity contribution in [3.05, 3.63) is 89.8 Å². The molecule has 1 unspecified atom stereocenters. The second-order valence-electron chi connectivity index (χ2n) is 10.6. The minimum atomic E-state index is -1.27. The van der Waals surface area contributed by atoms with Crippen LogP contribution < -0.4 is 9.80 Å². The van der Waals surface area contributed by atoms with Gasteiger partial charge in [-0.2, -0.15) is 0 Å². The van der Waals surface area contributed by atoms with Crippen LogP contribution in [-0.2, 0) is 34.1 Å². The van der Waals surface area contributed by atoms with Crippen LogP contribution in [-0.4, -0.2) is 33.1 Å². The fraction of sp³-hybridized carbons (Fsp3) is 0.300. The van der Waals surface area contributed by atoms with E-state index in [0.717, 1.165) is 17.8 Å². The third-order valence-electron chi connectivity index (χ3n) is 6.59. The van der Waals surface area contributed by atoms with Gasteiger partial charge in [-0.25, -0.2) is 0 Å². The number of carbonyl (C=O) groups excluding carboxylic acids is 1. The lowest BCUT2D eigenvalue weighted by molar-refractivity contribution is -0.118. The van der Waals surface area contributed by atoms with E-state index in [1.165, 1.54) is 5.56 Å². The fourth-order valence-electron chi connectivity index (χ4n) is 4.42. The van der Waals surface area contributed by atoms with Gasteiger partial charge < -0.3 is 14.2 Å². The van der Waals surface area contributed by atoms with Crippen LogP contribution in [0.3, 0.4) is 0 Å². The van der Waals surface area contributed by atoms with Crippen molar-refractivity contribution in [3.8, 4) is 11.5 Å². The van der Waals surface area contributed by atoms with E-state index in [0.29, 0.717) is 40.2 Å². The predicted octanol–water partition coefficient (Wildman–Crippen LogP) is 5.72. The topological polar surface area (TPSA) is 79.5 Å². The Bertz CT molecular complexity index is 1460. The first-order valence-corrected chi connectivity index (χ1v) is 14.0. The quantitative estimate of drug-likeness (QED) is 0.319. The number of benzene rings is 3. The Morgan fingerprint density at radius 1 is 0.974 bits per heavy atom. The van der Waals surface area contributed by atoms with E-state index < -0.39 is 10.8 Å². The second-order valence-corrected chi connectivity index (χ2v) is 12.2. The largest absolute Gasteiger partial charge is 0.420 e. The molecule has 7 nitrogen and oxygen atoms in total. The molecule has 1 amide bonds. The van der Waals surface area contributed by atoms with Crippen LogP contribution in [0.15, 0.2) is 82.1 Å². The van der Waals surface area contributed by atoms with Crippen LogP contribution in [0.25, 0.3) is 11.5 Å². The van der Waals surface area contributed by atoms with Crippen molar-refractivity contribution in [3.63, 3.8) is 0 Å². The van der Waals surface area contributed by atoms with E-state index in [4.69, 9.17) is 4.42 Å². The Morgan fingerprint density at radius 3 is 2.39 bits per heavy atom. The third-order valence-corrected chi connectivity index (χ3v) is 8.00. The first-order valence-electron chi connectivity index (χ1n) is 12.7. The number of aromatic nitrogens is 2. The smallest absolute Gasteiger partial charge is 0.247 e. The van der Waals surface area contributed by atoms with Gasteiger partial charge in [0.1, 0.15) is 0 Å². The highest BCUT2D eigenvalue weighted by Gasteiger charge is 2.28. The lowest BCUT2D eigenvalue weighted by Crippen LogP contribution is -2.30. The number of nitrogens with zero attached hydrogens (tertiary/aromatic N) is 4. The molecule has 0 spiro atoms. The summed E-state index contributed by atoms with van der Waals surface area (Å²) < 4.78 is 18.9. The molecule has 0 bridgehead atoms. The molecule has 0 saturated heterocycles. The molecule has 1 atom stereocenters. The molecule has 0 aliphatic carbocycles. The maximum atomic E-state index is 13.2. The number of anilines is 2. The molecule has 2 heterocycles. The highest BCUT2D eigenvalue weighted by Crippen LogP contribution is 2.35. The van der Waals surface area contributed by atoms with E-state index >= 15 is 0 Å². The molecule has 8 heteroatoms. The van der Waals surface area contributed by atoms with E-state index in [9.17, 15) is 9.00 Å². The van der Waals surface area contributed by atoms with Crippen LogP contribution in [0, 0.1) is 0 Å². The molecule has 0 N–H and O–H groups in total.